The Morgan fingerprint density at radius 3 is 2.68 bits per heavy atom. The predicted octanol–water partition coefficient (Wildman–Crippen LogP) is 4.05. The van der Waals surface area contributed by atoms with Gasteiger partial charge in [-0.25, -0.2) is 4.79 Å². The van der Waals surface area contributed by atoms with Crippen LogP contribution in [0.3, 0.4) is 0 Å². The Balaban J connectivity index is 1.91. The highest BCUT2D eigenvalue weighted by Gasteiger charge is 2.30. The van der Waals surface area contributed by atoms with Gasteiger partial charge in [-0.3, -0.25) is 0 Å². The first-order valence-electron chi connectivity index (χ1n) is 6.62. The monoisotopic (exact) mass is 312 g/mol. The first-order chi connectivity index (χ1) is 10.3. The third kappa shape index (κ3) is 4.54. The van der Waals surface area contributed by atoms with Gasteiger partial charge in [0.15, 0.2) is 0 Å². The fourth-order valence-corrected chi connectivity index (χ4v) is 1.95. The van der Waals surface area contributed by atoms with Crippen LogP contribution in [0, 0.1) is 0 Å². The van der Waals surface area contributed by atoms with Gasteiger partial charge in [-0.1, -0.05) is 6.07 Å². The summed E-state index contributed by atoms with van der Waals surface area (Å²) in [6, 6.07) is 7.19. The topological polar surface area (TPSA) is 54.3 Å². The molecular formula is C15H15F3N2O2. The lowest BCUT2D eigenvalue weighted by Crippen LogP contribution is -2.37. The van der Waals surface area contributed by atoms with Crippen LogP contribution in [0.4, 0.5) is 23.7 Å². The molecule has 0 radical (unpaired) electrons. The summed E-state index contributed by atoms with van der Waals surface area (Å²) >= 11 is 0. The largest absolute Gasteiger partial charge is 0.469 e. The number of nitrogens with one attached hydrogen (secondary N) is 2. The summed E-state index contributed by atoms with van der Waals surface area (Å²) in [5, 5.41) is 5.02. The number of amides is 2. The van der Waals surface area contributed by atoms with E-state index in [1.807, 2.05) is 0 Å². The van der Waals surface area contributed by atoms with Gasteiger partial charge >= 0.3 is 12.2 Å². The molecule has 2 N–H and O–H groups in total. The van der Waals surface area contributed by atoms with E-state index < -0.39 is 17.8 Å². The van der Waals surface area contributed by atoms with Crippen molar-refractivity contribution in [2.24, 2.45) is 0 Å². The van der Waals surface area contributed by atoms with Crippen LogP contribution < -0.4 is 10.6 Å². The second-order valence-corrected chi connectivity index (χ2v) is 4.86. The standard InChI is InChI=1S/C15H15F3N2O2/c1-10(8-13-6-3-7-22-13)19-14(21)20-12-5-2-4-11(9-12)15(16,17)18/h2-7,9-10H,8H2,1H3,(H2,19,20,21)/t10-/m1/s1. The smallest absolute Gasteiger partial charge is 0.416 e. The molecule has 1 aromatic heterocycles. The van der Waals surface area contributed by atoms with Crippen LogP contribution in [0.15, 0.2) is 47.1 Å². The van der Waals surface area contributed by atoms with Crippen molar-refractivity contribution in [2.45, 2.75) is 25.6 Å². The number of carbonyl (C=O) groups is 1. The van der Waals surface area contributed by atoms with Crippen LogP contribution in [-0.2, 0) is 12.6 Å². The van der Waals surface area contributed by atoms with Gasteiger partial charge in [0.2, 0.25) is 0 Å². The van der Waals surface area contributed by atoms with E-state index in [0.717, 1.165) is 12.1 Å². The van der Waals surface area contributed by atoms with Crippen LogP contribution >= 0.6 is 0 Å². The van der Waals surface area contributed by atoms with Crippen molar-refractivity contribution in [3.05, 3.63) is 54.0 Å². The van der Waals surface area contributed by atoms with Crippen molar-refractivity contribution in [3.8, 4) is 0 Å². The predicted molar refractivity (Wildman–Crippen MR) is 75.5 cm³/mol. The zero-order valence-electron chi connectivity index (χ0n) is 11.8. The number of hydrogen-bond acceptors (Lipinski definition) is 2. The fraction of sp³-hybridized carbons (Fsp3) is 0.267. The highest BCUT2D eigenvalue weighted by molar-refractivity contribution is 5.89. The third-order valence-corrected chi connectivity index (χ3v) is 2.91. The maximum atomic E-state index is 12.6. The van der Waals surface area contributed by atoms with E-state index in [9.17, 15) is 18.0 Å². The Morgan fingerprint density at radius 1 is 1.27 bits per heavy atom. The van der Waals surface area contributed by atoms with E-state index >= 15 is 0 Å². The van der Waals surface area contributed by atoms with Crippen molar-refractivity contribution >= 4 is 11.7 Å². The number of hydrogen-bond donors (Lipinski definition) is 2. The molecule has 0 bridgehead atoms. The fourth-order valence-electron chi connectivity index (χ4n) is 1.95. The molecule has 0 saturated carbocycles. The lowest BCUT2D eigenvalue weighted by molar-refractivity contribution is -0.137. The van der Waals surface area contributed by atoms with Crippen LogP contribution in [0.5, 0.6) is 0 Å². The molecule has 0 spiro atoms. The molecule has 22 heavy (non-hydrogen) atoms. The SMILES string of the molecule is C[C@H](Cc1ccco1)NC(=O)Nc1cccc(C(F)(F)F)c1. The molecule has 0 aliphatic rings. The number of furan rings is 1. The Labute approximate surface area is 125 Å². The van der Waals surface area contributed by atoms with Gasteiger partial charge in [-0.2, -0.15) is 13.2 Å². The summed E-state index contributed by atoms with van der Waals surface area (Å²) in [4.78, 5) is 11.8. The van der Waals surface area contributed by atoms with Gasteiger partial charge in [0.05, 0.1) is 11.8 Å². The molecule has 0 aliphatic heterocycles. The van der Waals surface area contributed by atoms with Gasteiger partial charge < -0.3 is 15.1 Å². The van der Waals surface area contributed by atoms with E-state index in [2.05, 4.69) is 10.6 Å². The molecule has 0 unspecified atom stereocenters. The van der Waals surface area contributed by atoms with Crippen molar-refractivity contribution < 1.29 is 22.4 Å². The molecule has 118 valence electrons. The van der Waals surface area contributed by atoms with Crippen LogP contribution in [0.2, 0.25) is 0 Å². The van der Waals surface area contributed by atoms with E-state index in [4.69, 9.17) is 4.42 Å². The lowest BCUT2D eigenvalue weighted by atomic mass is 10.2. The Morgan fingerprint density at radius 2 is 2.05 bits per heavy atom. The summed E-state index contributed by atoms with van der Waals surface area (Å²) in [6.07, 6.45) is -2.42. The van der Waals surface area contributed by atoms with Gasteiger partial charge in [0.25, 0.3) is 0 Å². The molecule has 0 saturated heterocycles. The zero-order valence-corrected chi connectivity index (χ0v) is 11.8. The van der Waals surface area contributed by atoms with Crippen molar-refractivity contribution in [1.82, 2.24) is 5.32 Å². The molecule has 0 fully saturated rings. The van der Waals surface area contributed by atoms with Crippen LogP contribution in [0.25, 0.3) is 0 Å². The Kier molecular flexibility index (Phi) is 4.75. The number of rotatable bonds is 4. The highest BCUT2D eigenvalue weighted by Crippen LogP contribution is 2.30. The average Bonchev–Trinajstić information content (AvgIpc) is 2.90. The molecule has 7 heteroatoms. The summed E-state index contributed by atoms with van der Waals surface area (Å²) in [5.41, 5.74) is -0.730. The second kappa shape index (κ2) is 6.55. The summed E-state index contributed by atoms with van der Waals surface area (Å²) < 4.78 is 42.9. The lowest BCUT2D eigenvalue weighted by Gasteiger charge is -2.14. The molecule has 2 aromatic rings. The number of carbonyl (C=O) groups excluding carboxylic acids is 1. The molecule has 1 aromatic carbocycles. The maximum absolute atomic E-state index is 12.6. The van der Waals surface area contributed by atoms with Gasteiger partial charge in [0, 0.05) is 18.2 Å². The van der Waals surface area contributed by atoms with E-state index in [0.29, 0.717) is 12.2 Å². The first-order valence-corrected chi connectivity index (χ1v) is 6.62. The van der Waals surface area contributed by atoms with Crippen molar-refractivity contribution in [2.75, 3.05) is 5.32 Å². The molecular weight excluding hydrogens is 297 g/mol. The minimum absolute atomic E-state index is 0.0810. The number of halogens is 3. The Hall–Kier alpha value is -2.44. The second-order valence-electron chi connectivity index (χ2n) is 4.86. The minimum Gasteiger partial charge on any atom is -0.469 e. The van der Waals surface area contributed by atoms with E-state index in [1.54, 1.807) is 19.1 Å². The quantitative estimate of drug-likeness (QED) is 0.895. The summed E-state index contributed by atoms with van der Waals surface area (Å²) in [6.45, 7) is 1.77. The highest BCUT2D eigenvalue weighted by atomic mass is 19.4. The molecule has 2 rings (SSSR count). The average molecular weight is 312 g/mol. The van der Waals surface area contributed by atoms with Gasteiger partial charge in [0.1, 0.15) is 5.76 Å². The third-order valence-electron chi connectivity index (χ3n) is 2.91. The molecule has 1 heterocycles. The summed E-state index contributed by atoms with van der Waals surface area (Å²) in [7, 11) is 0. The van der Waals surface area contributed by atoms with Gasteiger partial charge in [-0.05, 0) is 37.3 Å². The Bertz CT molecular complexity index is 624. The number of benzene rings is 1. The molecule has 1 atom stereocenters. The number of anilines is 1. The minimum atomic E-state index is -4.44. The van der Waals surface area contributed by atoms with Crippen molar-refractivity contribution in [1.29, 1.82) is 0 Å². The molecule has 4 nitrogen and oxygen atoms in total. The van der Waals surface area contributed by atoms with Gasteiger partial charge in [-0.15, -0.1) is 0 Å². The molecule has 2 amide bonds. The first kappa shape index (κ1) is 15.9. The number of urea groups is 1. The molecule has 0 aliphatic carbocycles. The van der Waals surface area contributed by atoms with Crippen LogP contribution in [0.1, 0.15) is 18.2 Å². The van der Waals surface area contributed by atoms with E-state index in [1.165, 1.54) is 18.4 Å². The maximum Gasteiger partial charge on any atom is 0.416 e. The summed E-state index contributed by atoms with van der Waals surface area (Å²) in [5.74, 6) is 0.715. The van der Waals surface area contributed by atoms with E-state index in [-0.39, 0.29) is 11.7 Å². The number of alkyl halides is 3. The van der Waals surface area contributed by atoms with Crippen LogP contribution in [-0.4, -0.2) is 12.1 Å². The normalized spacial score (nSPS) is 12.7. The van der Waals surface area contributed by atoms with Crippen molar-refractivity contribution in [3.63, 3.8) is 0 Å². The zero-order chi connectivity index (χ0) is 16.2.